The summed E-state index contributed by atoms with van der Waals surface area (Å²) >= 11 is 0. The van der Waals surface area contributed by atoms with Crippen molar-refractivity contribution in [3.8, 4) is 0 Å². The Morgan fingerprint density at radius 3 is 2.89 bits per heavy atom. The SMILES string of the molecule is C[C@@H](c1nc(C2CC2)no1)N1CC(n2cccn2)C1. The normalized spacial score (nSPS) is 22.4. The second-order valence-corrected chi connectivity index (χ2v) is 5.53. The molecule has 1 atom stereocenters. The van der Waals surface area contributed by atoms with Crippen LogP contribution in [0.3, 0.4) is 0 Å². The lowest BCUT2D eigenvalue weighted by Gasteiger charge is -2.41. The molecular weight excluding hydrogens is 242 g/mol. The standard InChI is InChI=1S/C13H17N5O/c1-9(13-15-12(16-19-13)10-3-4-10)17-7-11(8-17)18-6-2-5-14-18/h2,5-6,9-11H,3-4,7-8H2,1H3/t9-/m0/s1. The molecule has 2 fully saturated rings. The van der Waals surface area contributed by atoms with Crippen molar-refractivity contribution >= 4 is 0 Å². The van der Waals surface area contributed by atoms with E-state index in [1.54, 1.807) is 0 Å². The minimum Gasteiger partial charge on any atom is -0.338 e. The van der Waals surface area contributed by atoms with Gasteiger partial charge in [-0.05, 0) is 25.8 Å². The molecule has 0 radical (unpaired) electrons. The molecule has 0 aromatic carbocycles. The Bertz CT molecular complexity index is 553. The minimum atomic E-state index is 0.201. The molecule has 0 unspecified atom stereocenters. The molecule has 100 valence electrons. The number of hydrogen-bond acceptors (Lipinski definition) is 5. The molecule has 0 spiro atoms. The second-order valence-electron chi connectivity index (χ2n) is 5.53. The molecule has 1 saturated heterocycles. The molecule has 1 aliphatic carbocycles. The first-order valence-corrected chi connectivity index (χ1v) is 6.88. The van der Waals surface area contributed by atoms with Crippen molar-refractivity contribution in [3.05, 3.63) is 30.2 Å². The molecule has 0 amide bonds. The summed E-state index contributed by atoms with van der Waals surface area (Å²) in [4.78, 5) is 6.86. The van der Waals surface area contributed by atoms with Crippen molar-refractivity contribution in [2.24, 2.45) is 0 Å². The predicted molar refractivity (Wildman–Crippen MR) is 67.5 cm³/mol. The Balaban J connectivity index is 1.40. The van der Waals surface area contributed by atoms with Gasteiger partial charge in [0, 0.05) is 31.4 Å². The number of nitrogens with zero attached hydrogens (tertiary/aromatic N) is 5. The number of hydrogen-bond donors (Lipinski definition) is 0. The molecule has 2 aromatic heterocycles. The maximum atomic E-state index is 5.39. The Hall–Kier alpha value is -1.69. The van der Waals surface area contributed by atoms with Crippen LogP contribution in [0.5, 0.6) is 0 Å². The van der Waals surface area contributed by atoms with E-state index in [0.717, 1.165) is 24.8 Å². The molecule has 2 aliphatic rings. The van der Waals surface area contributed by atoms with Crippen LogP contribution in [0.25, 0.3) is 0 Å². The fourth-order valence-electron chi connectivity index (χ4n) is 2.55. The van der Waals surface area contributed by atoms with E-state index in [2.05, 4.69) is 27.1 Å². The van der Waals surface area contributed by atoms with Crippen LogP contribution in [0.1, 0.15) is 49.5 Å². The molecule has 0 bridgehead atoms. The molecule has 6 nitrogen and oxygen atoms in total. The highest BCUT2D eigenvalue weighted by Gasteiger charge is 2.36. The van der Waals surface area contributed by atoms with Crippen LogP contribution >= 0.6 is 0 Å². The van der Waals surface area contributed by atoms with E-state index >= 15 is 0 Å². The molecule has 19 heavy (non-hydrogen) atoms. The molecule has 6 heteroatoms. The Labute approximate surface area is 111 Å². The average Bonchev–Trinajstić information content (AvgIpc) is 2.90. The fourth-order valence-corrected chi connectivity index (χ4v) is 2.55. The quantitative estimate of drug-likeness (QED) is 0.837. The smallest absolute Gasteiger partial charge is 0.243 e. The van der Waals surface area contributed by atoms with Gasteiger partial charge in [-0.15, -0.1) is 0 Å². The third kappa shape index (κ3) is 1.96. The lowest BCUT2D eigenvalue weighted by atomic mass is 10.1. The number of likely N-dealkylation sites (tertiary alicyclic amines) is 1. The lowest BCUT2D eigenvalue weighted by Crippen LogP contribution is -2.48. The number of aromatic nitrogens is 4. The maximum absolute atomic E-state index is 5.39. The zero-order chi connectivity index (χ0) is 12.8. The first-order valence-electron chi connectivity index (χ1n) is 6.88. The van der Waals surface area contributed by atoms with Gasteiger partial charge >= 0.3 is 0 Å². The van der Waals surface area contributed by atoms with Gasteiger partial charge in [0.25, 0.3) is 0 Å². The van der Waals surface area contributed by atoms with E-state index in [9.17, 15) is 0 Å². The molecule has 3 heterocycles. The molecule has 4 rings (SSSR count). The van der Waals surface area contributed by atoms with E-state index in [0.29, 0.717) is 12.0 Å². The van der Waals surface area contributed by atoms with Gasteiger partial charge in [0.05, 0.1) is 12.1 Å². The van der Waals surface area contributed by atoms with Crippen molar-refractivity contribution < 1.29 is 4.52 Å². The van der Waals surface area contributed by atoms with Gasteiger partial charge in [-0.1, -0.05) is 5.16 Å². The van der Waals surface area contributed by atoms with E-state index in [4.69, 9.17) is 4.52 Å². The van der Waals surface area contributed by atoms with E-state index in [1.165, 1.54) is 12.8 Å². The first kappa shape index (κ1) is 11.2. The Morgan fingerprint density at radius 1 is 1.37 bits per heavy atom. The van der Waals surface area contributed by atoms with Crippen LogP contribution in [0.15, 0.2) is 23.0 Å². The summed E-state index contributed by atoms with van der Waals surface area (Å²) in [5.41, 5.74) is 0. The van der Waals surface area contributed by atoms with Gasteiger partial charge in [-0.25, -0.2) is 0 Å². The van der Waals surface area contributed by atoms with E-state index in [1.807, 2.05) is 23.1 Å². The lowest BCUT2D eigenvalue weighted by molar-refractivity contribution is 0.0456. The predicted octanol–water partition coefficient (Wildman–Crippen LogP) is 1.76. The van der Waals surface area contributed by atoms with Gasteiger partial charge in [0.1, 0.15) is 0 Å². The fraction of sp³-hybridized carbons (Fsp3) is 0.615. The van der Waals surface area contributed by atoms with E-state index < -0.39 is 0 Å². The van der Waals surface area contributed by atoms with Crippen molar-refractivity contribution in [2.75, 3.05) is 13.1 Å². The van der Waals surface area contributed by atoms with Gasteiger partial charge in [-0.3, -0.25) is 9.58 Å². The van der Waals surface area contributed by atoms with Crippen molar-refractivity contribution in [3.63, 3.8) is 0 Å². The zero-order valence-electron chi connectivity index (χ0n) is 10.9. The highest BCUT2D eigenvalue weighted by atomic mass is 16.5. The monoisotopic (exact) mass is 259 g/mol. The minimum absolute atomic E-state index is 0.201. The summed E-state index contributed by atoms with van der Waals surface area (Å²) in [6, 6.07) is 2.64. The molecular formula is C13H17N5O. The summed E-state index contributed by atoms with van der Waals surface area (Å²) < 4.78 is 7.41. The van der Waals surface area contributed by atoms with Gasteiger partial charge in [0.2, 0.25) is 5.89 Å². The molecule has 1 saturated carbocycles. The summed E-state index contributed by atoms with van der Waals surface area (Å²) in [5.74, 6) is 2.20. The van der Waals surface area contributed by atoms with Crippen LogP contribution in [0.4, 0.5) is 0 Å². The summed E-state index contributed by atoms with van der Waals surface area (Å²) in [6.45, 7) is 4.11. The third-order valence-corrected chi connectivity index (χ3v) is 4.09. The number of rotatable bonds is 4. The van der Waals surface area contributed by atoms with Crippen molar-refractivity contribution in [1.29, 1.82) is 0 Å². The van der Waals surface area contributed by atoms with Crippen LogP contribution < -0.4 is 0 Å². The largest absolute Gasteiger partial charge is 0.338 e. The van der Waals surface area contributed by atoms with Gasteiger partial charge in [0.15, 0.2) is 5.82 Å². The molecule has 0 N–H and O–H groups in total. The van der Waals surface area contributed by atoms with Crippen molar-refractivity contribution in [2.45, 2.75) is 37.8 Å². The molecule has 1 aliphatic heterocycles. The Morgan fingerprint density at radius 2 is 2.21 bits per heavy atom. The topological polar surface area (TPSA) is 60.0 Å². The molecule has 2 aromatic rings. The van der Waals surface area contributed by atoms with Gasteiger partial charge < -0.3 is 4.52 Å². The first-order chi connectivity index (χ1) is 9.31. The summed E-state index contributed by atoms with van der Waals surface area (Å²) in [6.07, 6.45) is 6.26. The average molecular weight is 259 g/mol. The maximum Gasteiger partial charge on any atom is 0.243 e. The third-order valence-electron chi connectivity index (χ3n) is 4.09. The van der Waals surface area contributed by atoms with Crippen LogP contribution in [0.2, 0.25) is 0 Å². The second kappa shape index (κ2) is 4.16. The van der Waals surface area contributed by atoms with Crippen LogP contribution in [-0.2, 0) is 0 Å². The summed E-state index contributed by atoms with van der Waals surface area (Å²) in [5, 5.41) is 8.36. The Kier molecular flexibility index (Phi) is 2.44. The highest BCUT2D eigenvalue weighted by Crippen LogP contribution is 2.39. The zero-order valence-corrected chi connectivity index (χ0v) is 10.9. The highest BCUT2D eigenvalue weighted by molar-refractivity contribution is 5.05. The summed E-state index contributed by atoms with van der Waals surface area (Å²) in [7, 11) is 0. The van der Waals surface area contributed by atoms with E-state index in [-0.39, 0.29) is 6.04 Å². The van der Waals surface area contributed by atoms with Crippen LogP contribution in [0, 0.1) is 0 Å². The van der Waals surface area contributed by atoms with Crippen LogP contribution in [-0.4, -0.2) is 37.9 Å². The van der Waals surface area contributed by atoms with Gasteiger partial charge in [-0.2, -0.15) is 10.1 Å². The van der Waals surface area contributed by atoms with Crippen molar-refractivity contribution in [1.82, 2.24) is 24.8 Å².